The molecule has 2 atom stereocenters. The Labute approximate surface area is 141 Å². The summed E-state index contributed by atoms with van der Waals surface area (Å²) in [7, 11) is 0. The molecule has 5 heterocycles. The van der Waals surface area contributed by atoms with Crippen molar-refractivity contribution in [3.05, 3.63) is 36.0 Å². The topological polar surface area (TPSA) is 62.4 Å². The highest BCUT2D eigenvalue weighted by Gasteiger charge is 2.49. The van der Waals surface area contributed by atoms with Gasteiger partial charge in [0.1, 0.15) is 11.9 Å². The molecule has 0 amide bonds. The lowest BCUT2D eigenvalue weighted by Crippen LogP contribution is -2.63. The third kappa shape index (κ3) is 2.11. The number of hydrogen-bond acceptors (Lipinski definition) is 4. The molecule has 126 valence electrons. The Hall–Kier alpha value is -2.14. The molecule has 4 aliphatic heterocycles. The second kappa shape index (κ2) is 5.18. The summed E-state index contributed by atoms with van der Waals surface area (Å²) in [5, 5.41) is 0.909. The number of piperidine rings is 4. The van der Waals surface area contributed by atoms with Crippen molar-refractivity contribution >= 4 is 22.7 Å². The molecule has 4 aliphatic rings. The van der Waals surface area contributed by atoms with Crippen LogP contribution in [0.15, 0.2) is 30.5 Å². The molecular formula is C19H22N2O3. The number of benzene rings is 1. The normalized spacial score (nSPS) is 34.5. The van der Waals surface area contributed by atoms with E-state index in [1.54, 1.807) is 6.20 Å². The summed E-state index contributed by atoms with van der Waals surface area (Å²) < 4.78 is 5.84. The minimum absolute atomic E-state index is 0. The molecule has 6 rings (SSSR count). The maximum absolute atomic E-state index is 12.6. The molecule has 4 saturated heterocycles. The van der Waals surface area contributed by atoms with E-state index in [-0.39, 0.29) is 19.4 Å². The fourth-order valence-electron chi connectivity index (χ4n) is 4.87. The van der Waals surface area contributed by atoms with E-state index < -0.39 is 0 Å². The number of ketones is 1. The molecule has 0 spiro atoms. The summed E-state index contributed by atoms with van der Waals surface area (Å²) in [6, 6.07) is 8.58. The van der Waals surface area contributed by atoms with E-state index in [0.29, 0.717) is 30.0 Å². The van der Waals surface area contributed by atoms with Gasteiger partial charge in [-0.2, -0.15) is 0 Å². The van der Waals surface area contributed by atoms with Gasteiger partial charge in [-0.3, -0.25) is 9.69 Å². The molecule has 5 nitrogen and oxygen atoms in total. The number of para-hydroxylation sites is 1. The van der Waals surface area contributed by atoms with Gasteiger partial charge in [-0.05, 0) is 18.9 Å². The number of aromatic amines is 1. The van der Waals surface area contributed by atoms with Crippen LogP contribution in [-0.2, 0) is 9.53 Å². The van der Waals surface area contributed by atoms with Crippen LogP contribution in [0, 0.1) is 5.92 Å². The quantitative estimate of drug-likeness (QED) is 0.862. The van der Waals surface area contributed by atoms with E-state index in [2.05, 4.69) is 9.88 Å². The van der Waals surface area contributed by atoms with E-state index in [1.165, 1.54) is 0 Å². The standard InChI is InChI=1S/C19H20N2O3.H2/c22-18-10-21-12-5-11(18)6-13(21)8-14(7-12)24-19(23)16-9-20-17-4-2-1-3-15(16)17;/h1-4,9,11-14,20H,5-8,10H2;1H. The van der Waals surface area contributed by atoms with Crippen LogP contribution in [0.1, 0.15) is 37.5 Å². The number of nitrogens with zero attached hydrogens (tertiary/aromatic N) is 1. The molecule has 1 N–H and O–H groups in total. The first-order chi connectivity index (χ1) is 11.7. The predicted octanol–water partition coefficient (Wildman–Crippen LogP) is 2.77. The van der Waals surface area contributed by atoms with Crippen LogP contribution in [0.2, 0.25) is 0 Å². The van der Waals surface area contributed by atoms with Crippen molar-refractivity contribution in [2.24, 2.45) is 5.92 Å². The number of Topliss-reactive ketones (excluding diaryl/α,β-unsaturated/α-hetero) is 1. The zero-order valence-corrected chi connectivity index (χ0v) is 13.4. The Morgan fingerprint density at radius 3 is 2.67 bits per heavy atom. The highest BCUT2D eigenvalue weighted by molar-refractivity contribution is 6.04. The summed E-state index contributed by atoms with van der Waals surface area (Å²) in [6.45, 7) is 0.600. The molecule has 24 heavy (non-hydrogen) atoms. The molecule has 4 bridgehead atoms. The van der Waals surface area contributed by atoms with Crippen LogP contribution in [0.5, 0.6) is 0 Å². The SMILES string of the molecule is O=C(OC1CC2CC3CC(C1)N2CC3=O)c1c[nH]c2ccccc12.[HH]. The summed E-state index contributed by atoms with van der Waals surface area (Å²) in [6.07, 6.45) is 5.29. The number of nitrogens with one attached hydrogen (secondary N) is 1. The van der Waals surface area contributed by atoms with Crippen molar-refractivity contribution < 1.29 is 15.8 Å². The number of aromatic nitrogens is 1. The van der Waals surface area contributed by atoms with Crippen LogP contribution in [-0.4, -0.2) is 46.4 Å². The van der Waals surface area contributed by atoms with Gasteiger partial charge in [-0.1, -0.05) is 18.2 Å². The smallest absolute Gasteiger partial charge is 0.340 e. The number of H-pyrrole nitrogens is 1. The molecular weight excluding hydrogens is 304 g/mol. The summed E-state index contributed by atoms with van der Waals surface area (Å²) in [5.74, 6) is 0.403. The number of carbonyl (C=O) groups excluding carboxylic acids is 2. The van der Waals surface area contributed by atoms with Crippen molar-refractivity contribution in [2.75, 3.05) is 6.54 Å². The zero-order chi connectivity index (χ0) is 16.3. The van der Waals surface area contributed by atoms with Crippen molar-refractivity contribution in [3.8, 4) is 0 Å². The van der Waals surface area contributed by atoms with Crippen LogP contribution >= 0.6 is 0 Å². The van der Waals surface area contributed by atoms with Crippen molar-refractivity contribution in [1.29, 1.82) is 0 Å². The minimum Gasteiger partial charge on any atom is -0.459 e. The highest BCUT2D eigenvalue weighted by atomic mass is 16.5. The third-order valence-electron chi connectivity index (χ3n) is 6.00. The van der Waals surface area contributed by atoms with Gasteiger partial charge in [-0.25, -0.2) is 4.79 Å². The molecule has 1 aromatic heterocycles. The molecule has 0 aliphatic carbocycles. The zero-order valence-electron chi connectivity index (χ0n) is 13.4. The summed E-state index contributed by atoms with van der Waals surface area (Å²) in [5.41, 5.74) is 1.56. The molecule has 1 aromatic carbocycles. The second-order valence-corrected chi connectivity index (χ2v) is 7.36. The van der Waals surface area contributed by atoms with Gasteiger partial charge >= 0.3 is 5.97 Å². The van der Waals surface area contributed by atoms with Crippen LogP contribution in [0.4, 0.5) is 0 Å². The van der Waals surface area contributed by atoms with Gasteiger partial charge in [0.15, 0.2) is 0 Å². The van der Waals surface area contributed by atoms with Gasteiger partial charge < -0.3 is 9.72 Å². The second-order valence-electron chi connectivity index (χ2n) is 7.36. The number of ether oxygens (including phenoxy) is 1. The largest absolute Gasteiger partial charge is 0.459 e. The fourth-order valence-corrected chi connectivity index (χ4v) is 4.87. The van der Waals surface area contributed by atoms with Gasteiger partial charge in [0.2, 0.25) is 0 Å². The average molecular weight is 326 g/mol. The Morgan fingerprint density at radius 2 is 1.92 bits per heavy atom. The molecule has 0 saturated carbocycles. The summed E-state index contributed by atoms with van der Waals surface area (Å²) in [4.78, 5) is 30.0. The van der Waals surface area contributed by atoms with Gasteiger partial charge in [0, 0.05) is 49.4 Å². The molecule has 2 aromatic rings. The first-order valence-corrected chi connectivity index (χ1v) is 8.74. The number of rotatable bonds is 2. The predicted molar refractivity (Wildman–Crippen MR) is 90.9 cm³/mol. The monoisotopic (exact) mass is 326 g/mol. The van der Waals surface area contributed by atoms with Crippen LogP contribution in [0.25, 0.3) is 10.9 Å². The lowest BCUT2D eigenvalue weighted by molar-refractivity contribution is -0.145. The van der Waals surface area contributed by atoms with E-state index in [1.807, 2.05) is 24.3 Å². The Kier molecular flexibility index (Phi) is 3.07. The van der Waals surface area contributed by atoms with E-state index in [0.717, 1.165) is 36.6 Å². The van der Waals surface area contributed by atoms with E-state index >= 15 is 0 Å². The van der Waals surface area contributed by atoms with E-state index in [4.69, 9.17) is 4.74 Å². The number of hydrogen-bond donors (Lipinski definition) is 1. The van der Waals surface area contributed by atoms with Crippen LogP contribution < -0.4 is 0 Å². The highest BCUT2D eigenvalue weighted by Crippen LogP contribution is 2.42. The molecule has 4 fully saturated rings. The summed E-state index contributed by atoms with van der Waals surface area (Å²) >= 11 is 0. The van der Waals surface area contributed by atoms with Crippen molar-refractivity contribution in [3.63, 3.8) is 0 Å². The maximum Gasteiger partial charge on any atom is 0.340 e. The maximum atomic E-state index is 12.6. The average Bonchev–Trinajstić information content (AvgIpc) is 2.99. The van der Waals surface area contributed by atoms with Gasteiger partial charge in [0.25, 0.3) is 0 Å². The van der Waals surface area contributed by atoms with Crippen LogP contribution in [0.3, 0.4) is 0 Å². The molecule has 5 heteroatoms. The Balaban J connectivity index is 0.00000157. The lowest BCUT2D eigenvalue weighted by Gasteiger charge is -2.54. The van der Waals surface area contributed by atoms with Crippen molar-refractivity contribution in [1.82, 2.24) is 9.88 Å². The first kappa shape index (κ1) is 14.2. The third-order valence-corrected chi connectivity index (χ3v) is 6.00. The molecule has 0 radical (unpaired) electrons. The van der Waals surface area contributed by atoms with Gasteiger partial charge in [-0.15, -0.1) is 0 Å². The minimum atomic E-state index is -0.242. The van der Waals surface area contributed by atoms with E-state index in [9.17, 15) is 9.59 Å². The Morgan fingerprint density at radius 1 is 1.17 bits per heavy atom. The Bertz CT molecular complexity index is 817. The first-order valence-electron chi connectivity index (χ1n) is 8.74. The number of carbonyl (C=O) groups is 2. The number of esters is 1. The van der Waals surface area contributed by atoms with Gasteiger partial charge in [0.05, 0.1) is 12.1 Å². The molecule has 2 unspecified atom stereocenters. The fraction of sp³-hybridized carbons (Fsp3) is 0.474. The van der Waals surface area contributed by atoms with Crippen molar-refractivity contribution in [2.45, 2.75) is 43.9 Å². The lowest BCUT2D eigenvalue weighted by atomic mass is 9.72. The number of fused-ring (bicyclic) bond motifs is 2.